The van der Waals surface area contributed by atoms with E-state index in [2.05, 4.69) is 12.1 Å². The zero-order valence-electron chi connectivity index (χ0n) is 15.1. The second kappa shape index (κ2) is 7.28. The van der Waals surface area contributed by atoms with Gasteiger partial charge in [-0.1, -0.05) is 35.9 Å². The van der Waals surface area contributed by atoms with Crippen LogP contribution < -0.4 is 0 Å². The van der Waals surface area contributed by atoms with Gasteiger partial charge in [-0.05, 0) is 24.3 Å². The molecule has 7 heteroatoms. The molecular formula is C21H18ClN3O2S. The molecule has 2 aliphatic heterocycles. The number of benzene rings is 2. The maximum atomic E-state index is 13.3. The van der Waals surface area contributed by atoms with Crippen LogP contribution in [0.25, 0.3) is 16.9 Å². The molecule has 1 fully saturated rings. The van der Waals surface area contributed by atoms with Crippen LogP contribution >= 0.6 is 23.4 Å². The van der Waals surface area contributed by atoms with Crippen LogP contribution in [-0.2, 0) is 10.5 Å². The molecule has 2 aliphatic rings. The molecular weight excluding hydrogens is 394 g/mol. The summed E-state index contributed by atoms with van der Waals surface area (Å²) >= 11 is 7.98. The van der Waals surface area contributed by atoms with E-state index in [1.54, 1.807) is 11.8 Å². The first-order chi connectivity index (χ1) is 13.7. The van der Waals surface area contributed by atoms with Crippen LogP contribution in [0.2, 0.25) is 5.02 Å². The van der Waals surface area contributed by atoms with Crippen molar-refractivity contribution in [3.8, 4) is 16.9 Å². The van der Waals surface area contributed by atoms with E-state index in [1.807, 2.05) is 46.0 Å². The van der Waals surface area contributed by atoms with Crippen molar-refractivity contribution in [2.45, 2.75) is 10.6 Å². The Morgan fingerprint density at radius 2 is 1.93 bits per heavy atom. The number of halogens is 1. The molecule has 0 N–H and O–H groups in total. The van der Waals surface area contributed by atoms with Gasteiger partial charge in [0, 0.05) is 39.9 Å². The van der Waals surface area contributed by atoms with Gasteiger partial charge in [0.15, 0.2) is 5.69 Å². The number of nitrogens with zero attached hydrogens (tertiary/aromatic N) is 3. The van der Waals surface area contributed by atoms with Gasteiger partial charge < -0.3 is 9.64 Å². The third-order valence-electron chi connectivity index (χ3n) is 5.05. The SMILES string of the molecule is O=C(c1nn(-c2cccc(Cl)c2)c2c1CSc1ccccc1-2)N1CCOCC1. The van der Waals surface area contributed by atoms with Crippen molar-refractivity contribution in [1.82, 2.24) is 14.7 Å². The fourth-order valence-corrected chi connectivity index (χ4v) is 4.94. The van der Waals surface area contributed by atoms with Crippen LogP contribution in [0.15, 0.2) is 53.4 Å². The number of hydrogen-bond acceptors (Lipinski definition) is 4. The van der Waals surface area contributed by atoms with Gasteiger partial charge >= 0.3 is 0 Å². The van der Waals surface area contributed by atoms with Crippen LogP contribution in [0.4, 0.5) is 0 Å². The average Bonchev–Trinajstić information content (AvgIpc) is 3.14. The van der Waals surface area contributed by atoms with Crippen molar-refractivity contribution in [2.75, 3.05) is 26.3 Å². The quantitative estimate of drug-likeness (QED) is 0.631. The van der Waals surface area contributed by atoms with Crippen molar-refractivity contribution in [3.05, 3.63) is 64.8 Å². The highest BCUT2D eigenvalue weighted by Gasteiger charge is 2.31. The van der Waals surface area contributed by atoms with E-state index >= 15 is 0 Å². The maximum Gasteiger partial charge on any atom is 0.274 e. The zero-order chi connectivity index (χ0) is 19.1. The normalized spacial score (nSPS) is 15.8. The fourth-order valence-electron chi connectivity index (χ4n) is 3.68. The van der Waals surface area contributed by atoms with Gasteiger partial charge in [-0.15, -0.1) is 11.8 Å². The number of carbonyl (C=O) groups is 1. The van der Waals surface area contributed by atoms with Gasteiger partial charge in [0.25, 0.3) is 5.91 Å². The number of hydrogen-bond donors (Lipinski definition) is 0. The van der Waals surface area contributed by atoms with Gasteiger partial charge in [0.05, 0.1) is 24.6 Å². The molecule has 2 aromatic carbocycles. The van der Waals surface area contributed by atoms with Gasteiger partial charge in [-0.2, -0.15) is 5.10 Å². The summed E-state index contributed by atoms with van der Waals surface area (Å²) in [6.07, 6.45) is 0. The Morgan fingerprint density at radius 1 is 1.11 bits per heavy atom. The van der Waals surface area contributed by atoms with E-state index < -0.39 is 0 Å². The number of thioether (sulfide) groups is 1. The smallest absolute Gasteiger partial charge is 0.274 e. The third-order valence-corrected chi connectivity index (χ3v) is 6.39. The molecule has 3 aromatic rings. The van der Waals surface area contributed by atoms with Gasteiger partial charge in [-0.25, -0.2) is 4.68 Å². The molecule has 0 bridgehead atoms. The Bertz CT molecular complexity index is 1060. The lowest BCUT2D eigenvalue weighted by Crippen LogP contribution is -2.41. The molecule has 0 unspecified atom stereocenters. The van der Waals surface area contributed by atoms with Gasteiger partial charge in [-0.3, -0.25) is 4.79 Å². The monoisotopic (exact) mass is 411 g/mol. The Labute approximate surface area is 172 Å². The number of carbonyl (C=O) groups excluding carboxylic acids is 1. The van der Waals surface area contributed by atoms with Gasteiger partial charge in [0.2, 0.25) is 0 Å². The predicted molar refractivity (Wildman–Crippen MR) is 110 cm³/mol. The van der Waals surface area contributed by atoms with Crippen molar-refractivity contribution < 1.29 is 9.53 Å². The van der Waals surface area contributed by atoms with Crippen molar-refractivity contribution >= 4 is 29.3 Å². The van der Waals surface area contributed by atoms with Crippen LogP contribution in [-0.4, -0.2) is 46.9 Å². The van der Waals surface area contributed by atoms with E-state index in [1.165, 1.54) is 4.90 Å². The molecule has 28 heavy (non-hydrogen) atoms. The molecule has 5 rings (SSSR count). The van der Waals surface area contributed by atoms with Crippen LogP contribution in [0.3, 0.4) is 0 Å². The largest absolute Gasteiger partial charge is 0.378 e. The minimum Gasteiger partial charge on any atom is -0.378 e. The standard InChI is InChI=1S/C21H18ClN3O2S/c22-14-4-3-5-15(12-14)25-20-16-6-1-2-7-18(16)28-13-17(20)19(23-25)21(26)24-8-10-27-11-9-24/h1-7,12H,8-11,13H2. The van der Waals surface area contributed by atoms with Crippen LogP contribution in [0, 0.1) is 0 Å². The van der Waals surface area contributed by atoms with Gasteiger partial charge in [0.1, 0.15) is 0 Å². The molecule has 5 nitrogen and oxygen atoms in total. The summed E-state index contributed by atoms with van der Waals surface area (Å²) in [5.74, 6) is 0.693. The van der Waals surface area contributed by atoms with E-state index in [9.17, 15) is 4.79 Å². The summed E-state index contributed by atoms with van der Waals surface area (Å²) in [6.45, 7) is 2.34. The average molecular weight is 412 g/mol. The molecule has 1 saturated heterocycles. The highest BCUT2D eigenvalue weighted by atomic mass is 35.5. The summed E-state index contributed by atoms with van der Waals surface area (Å²) in [6, 6.07) is 15.8. The zero-order valence-corrected chi connectivity index (χ0v) is 16.7. The molecule has 0 atom stereocenters. The van der Waals surface area contributed by atoms with Crippen LogP contribution in [0.5, 0.6) is 0 Å². The van der Waals surface area contributed by atoms with Crippen molar-refractivity contribution in [1.29, 1.82) is 0 Å². The second-order valence-corrected chi connectivity index (χ2v) is 8.21. The van der Waals surface area contributed by atoms with E-state index in [0.717, 1.165) is 28.3 Å². The van der Waals surface area contributed by atoms with Crippen molar-refractivity contribution in [2.24, 2.45) is 0 Å². The first-order valence-corrected chi connectivity index (χ1v) is 10.6. The van der Waals surface area contributed by atoms with E-state index in [-0.39, 0.29) is 5.91 Å². The Kier molecular flexibility index (Phi) is 4.62. The van der Waals surface area contributed by atoms with E-state index in [4.69, 9.17) is 21.4 Å². The lowest BCUT2D eigenvalue weighted by atomic mass is 10.0. The Morgan fingerprint density at radius 3 is 2.75 bits per heavy atom. The fraction of sp³-hybridized carbons (Fsp3) is 0.238. The topological polar surface area (TPSA) is 47.4 Å². The molecule has 0 saturated carbocycles. The summed E-state index contributed by atoms with van der Waals surface area (Å²) < 4.78 is 7.26. The Hall–Kier alpha value is -2.28. The minimum absolute atomic E-state index is 0.0275. The number of ether oxygens (including phenoxy) is 1. The van der Waals surface area contributed by atoms with Crippen LogP contribution in [0.1, 0.15) is 16.1 Å². The lowest BCUT2D eigenvalue weighted by molar-refractivity contribution is 0.0298. The molecule has 142 valence electrons. The first kappa shape index (κ1) is 17.8. The molecule has 0 spiro atoms. The third kappa shape index (κ3) is 3.02. The molecule has 0 aliphatic carbocycles. The number of amides is 1. The highest BCUT2D eigenvalue weighted by molar-refractivity contribution is 7.98. The first-order valence-electron chi connectivity index (χ1n) is 9.19. The summed E-state index contributed by atoms with van der Waals surface area (Å²) in [5.41, 5.74) is 4.45. The summed E-state index contributed by atoms with van der Waals surface area (Å²) in [4.78, 5) is 16.3. The number of aromatic nitrogens is 2. The van der Waals surface area contributed by atoms with Crippen molar-refractivity contribution in [3.63, 3.8) is 0 Å². The Balaban J connectivity index is 1.69. The molecule has 3 heterocycles. The maximum absolute atomic E-state index is 13.3. The lowest BCUT2D eigenvalue weighted by Gasteiger charge is -2.26. The summed E-state index contributed by atoms with van der Waals surface area (Å²) in [7, 11) is 0. The number of rotatable bonds is 2. The molecule has 0 radical (unpaired) electrons. The molecule has 1 amide bonds. The molecule has 1 aromatic heterocycles. The van der Waals surface area contributed by atoms with E-state index in [0.29, 0.717) is 37.0 Å². The minimum atomic E-state index is -0.0275. The highest BCUT2D eigenvalue weighted by Crippen LogP contribution is 2.43. The number of fused-ring (bicyclic) bond motifs is 3. The number of morpholine rings is 1. The second-order valence-electron chi connectivity index (χ2n) is 6.76. The summed E-state index contributed by atoms with van der Waals surface area (Å²) in [5, 5.41) is 5.43. The predicted octanol–water partition coefficient (Wildman–Crippen LogP) is 4.27.